The van der Waals surface area contributed by atoms with Crippen LogP contribution in [0.15, 0.2) is 127 Å². The van der Waals surface area contributed by atoms with Crippen molar-refractivity contribution in [2.24, 2.45) is 0 Å². The van der Waals surface area contributed by atoms with E-state index in [9.17, 15) is 0 Å². The van der Waals surface area contributed by atoms with Crippen LogP contribution >= 0.6 is 0 Å². The van der Waals surface area contributed by atoms with Gasteiger partial charge in [-0.2, -0.15) is 0 Å². The summed E-state index contributed by atoms with van der Waals surface area (Å²) in [6, 6.07) is 46.0. The molecular formula is C32H21N. The fraction of sp³-hybridized carbons (Fsp3) is 0. The number of benzene rings is 6. The van der Waals surface area contributed by atoms with E-state index >= 15 is 0 Å². The summed E-state index contributed by atoms with van der Waals surface area (Å²) in [5.74, 6) is 0. The van der Waals surface area contributed by atoms with Gasteiger partial charge in [-0.15, -0.1) is 0 Å². The fourth-order valence-corrected chi connectivity index (χ4v) is 5.28. The molecule has 33 heavy (non-hydrogen) atoms. The Labute approximate surface area is 192 Å². The van der Waals surface area contributed by atoms with Crippen molar-refractivity contribution in [2.75, 3.05) is 0 Å². The summed E-state index contributed by atoms with van der Waals surface area (Å²) in [5.41, 5.74) is 6.19. The molecule has 0 fully saturated rings. The third kappa shape index (κ3) is 2.73. The zero-order chi connectivity index (χ0) is 21.8. The van der Waals surface area contributed by atoms with Crippen molar-refractivity contribution in [3.8, 4) is 16.8 Å². The summed E-state index contributed by atoms with van der Waals surface area (Å²) in [6.45, 7) is 0. The number of fused-ring (bicyclic) bond motifs is 6. The van der Waals surface area contributed by atoms with Crippen molar-refractivity contribution >= 4 is 43.4 Å². The predicted molar refractivity (Wildman–Crippen MR) is 141 cm³/mol. The SMILES string of the molecule is c1ccc(-c2cc3cc4c(cc3c3ccccc23)c2ccccc2n4-c2ccccc2)cc1. The molecule has 0 bridgehead atoms. The lowest BCUT2D eigenvalue weighted by atomic mass is 9.92. The van der Waals surface area contributed by atoms with E-state index in [1.165, 1.54) is 60.2 Å². The van der Waals surface area contributed by atoms with Crippen LogP contribution < -0.4 is 0 Å². The molecule has 0 N–H and O–H groups in total. The van der Waals surface area contributed by atoms with Gasteiger partial charge >= 0.3 is 0 Å². The van der Waals surface area contributed by atoms with Crippen LogP contribution in [0, 0.1) is 0 Å². The Balaban J connectivity index is 1.67. The molecule has 0 atom stereocenters. The minimum absolute atomic E-state index is 1.19. The molecule has 0 radical (unpaired) electrons. The van der Waals surface area contributed by atoms with E-state index in [1.54, 1.807) is 0 Å². The Morgan fingerprint density at radius 2 is 1.03 bits per heavy atom. The second kappa shape index (κ2) is 7.08. The number of hydrogen-bond acceptors (Lipinski definition) is 0. The molecule has 0 aliphatic carbocycles. The van der Waals surface area contributed by atoms with Crippen LogP contribution in [0.5, 0.6) is 0 Å². The van der Waals surface area contributed by atoms with Crippen LogP contribution in [0.1, 0.15) is 0 Å². The summed E-state index contributed by atoms with van der Waals surface area (Å²) in [6.07, 6.45) is 0. The smallest absolute Gasteiger partial charge is 0.0547 e. The molecule has 7 rings (SSSR count). The van der Waals surface area contributed by atoms with Crippen molar-refractivity contribution in [2.45, 2.75) is 0 Å². The van der Waals surface area contributed by atoms with Crippen molar-refractivity contribution in [1.82, 2.24) is 4.57 Å². The third-order valence-corrected chi connectivity index (χ3v) is 6.75. The Morgan fingerprint density at radius 1 is 0.394 bits per heavy atom. The van der Waals surface area contributed by atoms with Crippen LogP contribution in [-0.2, 0) is 0 Å². The first-order valence-corrected chi connectivity index (χ1v) is 11.4. The van der Waals surface area contributed by atoms with Crippen LogP contribution in [0.2, 0.25) is 0 Å². The molecule has 6 aromatic carbocycles. The largest absolute Gasteiger partial charge is 0.309 e. The highest BCUT2D eigenvalue weighted by Crippen LogP contribution is 2.40. The molecule has 0 amide bonds. The Morgan fingerprint density at radius 3 is 1.82 bits per heavy atom. The molecule has 1 heteroatoms. The monoisotopic (exact) mass is 419 g/mol. The fourth-order valence-electron chi connectivity index (χ4n) is 5.28. The molecule has 0 saturated heterocycles. The summed E-state index contributed by atoms with van der Waals surface area (Å²) in [4.78, 5) is 0. The van der Waals surface area contributed by atoms with E-state index in [4.69, 9.17) is 0 Å². The minimum Gasteiger partial charge on any atom is -0.309 e. The molecule has 0 spiro atoms. The van der Waals surface area contributed by atoms with Crippen molar-refractivity contribution in [3.63, 3.8) is 0 Å². The first-order valence-electron chi connectivity index (χ1n) is 11.4. The van der Waals surface area contributed by atoms with Crippen LogP contribution in [0.4, 0.5) is 0 Å². The summed E-state index contributed by atoms with van der Waals surface area (Å²) in [5, 5.41) is 7.73. The Hall–Kier alpha value is -4.36. The second-order valence-corrected chi connectivity index (χ2v) is 8.61. The summed E-state index contributed by atoms with van der Waals surface area (Å²) < 4.78 is 2.39. The zero-order valence-corrected chi connectivity index (χ0v) is 18.1. The minimum atomic E-state index is 1.19. The Bertz CT molecular complexity index is 1790. The van der Waals surface area contributed by atoms with Gasteiger partial charge in [0.15, 0.2) is 0 Å². The molecule has 1 nitrogen and oxygen atoms in total. The van der Waals surface area contributed by atoms with Crippen LogP contribution in [0.3, 0.4) is 0 Å². The summed E-state index contributed by atoms with van der Waals surface area (Å²) >= 11 is 0. The molecular weight excluding hydrogens is 398 g/mol. The van der Waals surface area contributed by atoms with Gasteiger partial charge in [-0.3, -0.25) is 0 Å². The van der Waals surface area contributed by atoms with E-state index < -0.39 is 0 Å². The lowest BCUT2D eigenvalue weighted by Crippen LogP contribution is -1.93. The molecule has 154 valence electrons. The number of rotatable bonds is 2. The highest BCUT2D eigenvalue weighted by atomic mass is 15.0. The first-order chi connectivity index (χ1) is 16.4. The van der Waals surface area contributed by atoms with E-state index in [1.807, 2.05) is 0 Å². The first kappa shape index (κ1) is 18.2. The maximum absolute atomic E-state index is 2.39. The van der Waals surface area contributed by atoms with E-state index in [0.717, 1.165) is 0 Å². The van der Waals surface area contributed by atoms with Gasteiger partial charge in [-0.1, -0.05) is 91.0 Å². The van der Waals surface area contributed by atoms with Gasteiger partial charge in [0.2, 0.25) is 0 Å². The van der Waals surface area contributed by atoms with E-state index in [2.05, 4.69) is 132 Å². The van der Waals surface area contributed by atoms with Gasteiger partial charge in [-0.25, -0.2) is 0 Å². The van der Waals surface area contributed by atoms with E-state index in [-0.39, 0.29) is 0 Å². The van der Waals surface area contributed by atoms with Gasteiger partial charge in [0.05, 0.1) is 11.0 Å². The average molecular weight is 420 g/mol. The lowest BCUT2D eigenvalue weighted by Gasteiger charge is -2.12. The van der Waals surface area contributed by atoms with Crippen molar-refractivity contribution < 1.29 is 0 Å². The van der Waals surface area contributed by atoms with Gasteiger partial charge < -0.3 is 4.57 Å². The van der Waals surface area contributed by atoms with Crippen molar-refractivity contribution in [1.29, 1.82) is 0 Å². The zero-order valence-electron chi connectivity index (χ0n) is 18.1. The normalized spacial score (nSPS) is 11.6. The highest BCUT2D eigenvalue weighted by molar-refractivity contribution is 6.20. The maximum atomic E-state index is 2.39. The summed E-state index contributed by atoms with van der Waals surface area (Å²) in [7, 11) is 0. The van der Waals surface area contributed by atoms with Crippen LogP contribution in [-0.4, -0.2) is 4.57 Å². The molecule has 1 heterocycles. The molecule has 0 saturated carbocycles. The Kier molecular flexibility index (Phi) is 3.91. The van der Waals surface area contributed by atoms with Gasteiger partial charge in [0.25, 0.3) is 0 Å². The standard InChI is InChI=1S/C32H21N/c1-3-11-22(12-4-1)28-19-23-20-32-30(21-29(23)26-16-8-7-15-25(26)28)27-17-9-10-18-31(27)33(32)24-13-5-2-6-14-24/h1-21H. The lowest BCUT2D eigenvalue weighted by molar-refractivity contribution is 1.18. The molecule has 1 aromatic heterocycles. The van der Waals surface area contributed by atoms with Crippen molar-refractivity contribution in [3.05, 3.63) is 127 Å². The molecule has 0 aliphatic rings. The van der Waals surface area contributed by atoms with Gasteiger partial charge in [0.1, 0.15) is 0 Å². The predicted octanol–water partition coefficient (Wildman–Crippen LogP) is 8.76. The molecule has 0 unspecified atom stereocenters. The molecule has 7 aromatic rings. The van der Waals surface area contributed by atoms with Gasteiger partial charge in [-0.05, 0) is 69.1 Å². The maximum Gasteiger partial charge on any atom is 0.0547 e. The number of nitrogens with zero attached hydrogens (tertiary/aromatic N) is 1. The average Bonchev–Trinajstić information content (AvgIpc) is 3.21. The number of para-hydroxylation sites is 2. The van der Waals surface area contributed by atoms with Gasteiger partial charge in [0, 0.05) is 16.5 Å². The quantitative estimate of drug-likeness (QED) is 0.247. The van der Waals surface area contributed by atoms with E-state index in [0.29, 0.717) is 0 Å². The highest BCUT2D eigenvalue weighted by Gasteiger charge is 2.15. The number of aromatic nitrogens is 1. The second-order valence-electron chi connectivity index (χ2n) is 8.61. The third-order valence-electron chi connectivity index (χ3n) is 6.75. The molecule has 0 aliphatic heterocycles. The topological polar surface area (TPSA) is 4.93 Å². The van der Waals surface area contributed by atoms with Crippen LogP contribution in [0.25, 0.3) is 60.2 Å². The number of hydrogen-bond donors (Lipinski definition) is 0.